The molecule has 0 saturated heterocycles. The van der Waals surface area contributed by atoms with Crippen molar-refractivity contribution in [3.05, 3.63) is 0 Å². The molecule has 0 spiro atoms. The summed E-state index contributed by atoms with van der Waals surface area (Å²) >= 11 is 7.99. The van der Waals surface area contributed by atoms with E-state index in [1.54, 1.807) is 0 Å². The SMILES string of the molecule is O=C([O-])CC(Cl)Br. The number of carbonyl (C=O) groups is 1. The average molecular weight is 186 g/mol. The van der Waals surface area contributed by atoms with Gasteiger partial charge in [0.2, 0.25) is 0 Å². The third-order valence-electron chi connectivity index (χ3n) is 0.321. The minimum atomic E-state index is -1.14. The fourth-order valence-electron chi connectivity index (χ4n) is 0.126. The lowest BCUT2D eigenvalue weighted by atomic mass is 10.5. The molecule has 2 nitrogen and oxygen atoms in total. The number of carbonyl (C=O) groups excluding carboxylic acids is 1. The Kier molecular flexibility index (Phi) is 3.38. The highest BCUT2D eigenvalue weighted by atomic mass is 79.9. The summed E-state index contributed by atoms with van der Waals surface area (Å²) in [7, 11) is 0. The standard InChI is InChI=1S/C3H4BrClO2/c4-2(5)1-3(6)7/h2H,1H2,(H,6,7)/p-1. The second kappa shape index (κ2) is 3.27. The van der Waals surface area contributed by atoms with Gasteiger partial charge in [-0.25, -0.2) is 0 Å². The zero-order valence-corrected chi connectivity index (χ0v) is 5.70. The molecule has 0 bridgehead atoms. The molecule has 0 aliphatic carbocycles. The van der Waals surface area contributed by atoms with E-state index in [-0.39, 0.29) is 6.42 Å². The number of carboxylic acids is 1. The number of hydrogen-bond acceptors (Lipinski definition) is 2. The van der Waals surface area contributed by atoms with Crippen LogP contribution in [0.4, 0.5) is 0 Å². The lowest BCUT2D eigenvalue weighted by molar-refractivity contribution is -0.305. The van der Waals surface area contributed by atoms with E-state index in [0.29, 0.717) is 0 Å². The van der Waals surface area contributed by atoms with Crippen LogP contribution in [-0.2, 0) is 4.79 Å². The molecule has 0 radical (unpaired) electrons. The van der Waals surface area contributed by atoms with Crippen LogP contribution >= 0.6 is 27.5 Å². The smallest absolute Gasteiger partial charge is 0.0938 e. The van der Waals surface area contributed by atoms with Crippen LogP contribution in [0.2, 0.25) is 0 Å². The first-order valence-electron chi connectivity index (χ1n) is 1.61. The highest BCUT2D eigenvalue weighted by Crippen LogP contribution is 2.07. The maximum Gasteiger partial charge on any atom is 0.0938 e. The van der Waals surface area contributed by atoms with Crippen molar-refractivity contribution in [3.63, 3.8) is 0 Å². The summed E-state index contributed by atoms with van der Waals surface area (Å²) in [4.78, 5) is 9.58. The first-order chi connectivity index (χ1) is 3.13. The Hall–Kier alpha value is 0.240. The van der Waals surface area contributed by atoms with Crippen molar-refractivity contribution in [3.8, 4) is 0 Å². The van der Waals surface area contributed by atoms with Crippen LogP contribution in [0.25, 0.3) is 0 Å². The Morgan fingerprint density at radius 1 is 2.00 bits per heavy atom. The lowest BCUT2D eigenvalue weighted by Gasteiger charge is -1.98. The zero-order valence-electron chi connectivity index (χ0n) is 3.36. The maximum absolute atomic E-state index is 9.58. The van der Waals surface area contributed by atoms with Crippen molar-refractivity contribution in [1.29, 1.82) is 0 Å². The van der Waals surface area contributed by atoms with Crippen LogP contribution in [0.1, 0.15) is 6.42 Å². The Labute approximate surface area is 54.6 Å². The van der Waals surface area contributed by atoms with Gasteiger partial charge in [-0.05, 0) is 0 Å². The van der Waals surface area contributed by atoms with E-state index < -0.39 is 10.3 Å². The normalized spacial score (nSPS) is 13.4. The van der Waals surface area contributed by atoms with Gasteiger partial charge in [-0.15, -0.1) is 11.6 Å². The number of halogens is 2. The van der Waals surface area contributed by atoms with Crippen LogP contribution in [0.3, 0.4) is 0 Å². The third kappa shape index (κ3) is 6.24. The highest BCUT2D eigenvalue weighted by molar-refractivity contribution is 9.10. The summed E-state index contributed by atoms with van der Waals surface area (Å²) in [6.07, 6.45) is -0.151. The van der Waals surface area contributed by atoms with Crippen molar-refractivity contribution in [2.45, 2.75) is 10.7 Å². The van der Waals surface area contributed by atoms with E-state index in [4.69, 9.17) is 11.6 Å². The van der Waals surface area contributed by atoms with Gasteiger partial charge >= 0.3 is 0 Å². The van der Waals surface area contributed by atoms with Crippen molar-refractivity contribution < 1.29 is 9.90 Å². The number of rotatable bonds is 2. The molecule has 4 heteroatoms. The van der Waals surface area contributed by atoms with E-state index in [0.717, 1.165) is 0 Å². The molecule has 0 heterocycles. The zero-order chi connectivity index (χ0) is 5.86. The summed E-state index contributed by atoms with van der Waals surface area (Å²) in [5.74, 6) is -1.14. The Morgan fingerprint density at radius 2 is 2.43 bits per heavy atom. The summed E-state index contributed by atoms with van der Waals surface area (Å²) in [6, 6.07) is 0. The summed E-state index contributed by atoms with van der Waals surface area (Å²) in [5.41, 5.74) is 0. The molecule has 0 aromatic carbocycles. The van der Waals surface area contributed by atoms with Gasteiger partial charge in [-0.1, -0.05) is 15.9 Å². The van der Waals surface area contributed by atoms with E-state index in [9.17, 15) is 9.90 Å². The Morgan fingerprint density at radius 3 is 2.43 bits per heavy atom. The van der Waals surface area contributed by atoms with Gasteiger partial charge in [0.15, 0.2) is 0 Å². The van der Waals surface area contributed by atoms with Crippen LogP contribution in [0.5, 0.6) is 0 Å². The Balaban J connectivity index is 3.13. The summed E-state index contributed by atoms with van der Waals surface area (Å²) in [5, 5.41) is 9.58. The van der Waals surface area contributed by atoms with Crippen molar-refractivity contribution in [2.24, 2.45) is 0 Å². The quantitative estimate of drug-likeness (QED) is 0.573. The van der Waals surface area contributed by atoms with E-state index in [2.05, 4.69) is 15.9 Å². The predicted molar refractivity (Wildman–Crippen MR) is 28.2 cm³/mol. The molecule has 0 saturated carbocycles. The molecule has 42 valence electrons. The molecule has 0 aromatic heterocycles. The fraction of sp³-hybridized carbons (Fsp3) is 0.667. The van der Waals surface area contributed by atoms with Crippen molar-refractivity contribution in [1.82, 2.24) is 0 Å². The first-order valence-corrected chi connectivity index (χ1v) is 2.96. The molecule has 0 aliphatic rings. The topological polar surface area (TPSA) is 40.1 Å². The van der Waals surface area contributed by atoms with Gasteiger partial charge < -0.3 is 9.90 Å². The maximum atomic E-state index is 9.58. The first kappa shape index (κ1) is 7.24. The van der Waals surface area contributed by atoms with Crippen LogP contribution in [0, 0.1) is 0 Å². The van der Waals surface area contributed by atoms with Crippen LogP contribution in [0.15, 0.2) is 0 Å². The summed E-state index contributed by atoms with van der Waals surface area (Å²) in [6.45, 7) is 0. The van der Waals surface area contributed by atoms with Gasteiger partial charge in [0.1, 0.15) is 0 Å². The molecule has 0 aromatic rings. The van der Waals surface area contributed by atoms with Crippen LogP contribution in [-0.4, -0.2) is 10.3 Å². The van der Waals surface area contributed by atoms with Gasteiger partial charge in [0, 0.05) is 12.4 Å². The van der Waals surface area contributed by atoms with Gasteiger partial charge in [0.05, 0.1) is 4.29 Å². The van der Waals surface area contributed by atoms with Gasteiger partial charge in [-0.3, -0.25) is 0 Å². The fourth-order valence-corrected chi connectivity index (χ4v) is 0.516. The molecule has 7 heavy (non-hydrogen) atoms. The van der Waals surface area contributed by atoms with E-state index in [1.807, 2.05) is 0 Å². The average Bonchev–Trinajstić information content (AvgIpc) is 1.27. The largest absolute Gasteiger partial charge is 0.550 e. The number of aliphatic carboxylic acids is 1. The van der Waals surface area contributed by atoms with Gasteiger partial charge in [0.25, 0.3) is 0 Å². The second-order valence-electron chi connectivity index (χ2n) is 0.967. The lowest BCUT2D eigenvalue weighted by Crippen LogP contribution is -2.23. The molecule has 0 aliphatic heterocycles. The van der Waals surface area contributed by atoms with Crippen molar-refractivity contribution >= 4 is 33.5 Å². The molecule has 1 unspecified atom stereocenters. The minimum absolute atomic E-state index is 0.151. The van der Waals surface area contributed by atoms with Crippen LogP contribution < -0.4 is 5.11 Å². The molecular weight excluding hydrogens is 183 g/mol. The van der Waals surface area contributed by atoms with E-state index >= 15 is 0 Å². The third-order valence-corrected chi connectivity index (χ3v) is 0.799. The van der Waals surface area contributed by atoms with Crippen molar-refractivity contribution in [2.75, 3.05) is 0 Å². The molecule has 1 atom stereocenters. The van der Waals surface area contributed by atoms with E-state index in [1.165, 1.54) is 0 Å². The highest BCUT2D eigenvalue weighted by Gasteiger charge is 1.94. The molecule has 0 fully saturated rings. The molecule has 0 rings (SSSR count). The molecule has 0 amide bonds. The van der Waals surface area contributed by atoms with Gasteiger partial charge in [-0.2, -0.15) is 0 Å². The number of carboxylic acid groups (broad SMARTS) is 1. The molecule has 0 N–H and O–H groups in total. The number of alkyl halides is 2. The Bertz CT molecular complexity index is 73.3. The molecular formula is C3H3BrClO2-. The number of hydrogen-bond donors (Lipinski definition) is 0. The monoisotopic (exact) mass is 185 g/mol. The second-order valence-corrected chi connectivity index (χ2v) is 3.13. The summed E-state index contributed by atoms with van der Waals surface area (Å²) < 4.78 is -0.502. The predicted octanol–water partition coefficient (Wildman–Crippen LogP) is 0.0862. The minimum Gasteiger partial charge on any atom is -0.550 e.